The number of nitrogens with zero attached hydrogens (tertiary/aromatic N) is 2. The van der Waals surface area contributed by atoms with Crippen LogP contribution >= 0.6 is 22.9 Å². The average Bonchev–Trinajstić information content (AvgIpc) is 3.09. The smallest absolute Gasteiger partial charge is 0.228 e. The Morgan fingerprint density at radius 3 is 2.52 bits per heavy atom. The molecule has 0 saturated heterocycles. The monoisotopic (exact) mass is 370 g/mol. The molecule has 0 radical (unpaired) electrons. The van der Waals surface area contributed by atoms with E-state index < -0.39 is 0 Å². The summed E-state index contributed by atoms with van der Waals surface area (Å²) in [4.78, 5) is 19.1. The summed E-state index contributed by atoms with van der Waals surface area (Å²) in [5.41, 5.74) is 2.97. The summed E-state index contributed by atoms with van der Waals surface area (Å²) in [5, 5.41) is 3.57. The molecule has 128 valence electrons. The predicted octanol–water partition coefficient (Wildman–Crippen LogP) is 5.05. The molecule has 3 rings (SSSR count). The number of hydrogen-bond acceptors (Lipinski definition) is 3. The van der Waals surface area contributed by atoms with Gasteiger partial charge in [0.15, 0.2) is 0 Å². The lowest BCUT2D eigenvalue weighted by molar-refractivity contribution is -0.130. The van der Waals surface area contributed by atoms with Crippen LogP contribution in [0.15, 0.2) is 60.0 Å². The fourth-order valence-corrected chi connectivity index (χ4v) is 3.51. The van der Waals surface area contributed by atoms with Crippen LogP contribution < -0.4 is 0 Å². The Hall–Kier alpha value is -2.17. The normalized spacial score (nSPS) is 10.6. The van der Waals surface area contributed by atoms with Gasteiger partial charge < -0.3 is 4.90 Å². The molecular formula is C20H19ClN2OS. The number of aromatic nitrogens is 1. The number of hydrogen-bond donors (Lipinski definition) is 0. The second-order valence-corrected chi connectivity index (χ2v) is 7.02. The van der Waals surface area contributed by atoms with Gasteiger partial charge in [-0.2, -0.15) is 0 Å². The van der Waals surface area contributed by atoms with Gasteiger partial charge in [-0.05, 0) is 24.6 Å². The molecule has 0 N–H and O–H groups in total. The Balaban J connectivity index is 1.67. The lowest BCUT2D eigenvalue weighted by atomic mass is 10.2. The van der Waals surface area contributed by atoms with E-state index in [4.69, 9.17) is 11.6 Å². The highest BCUT2D eigenvalue weighted by Crippen LogP contribution is 2.25. The van der Waals surface area contributed by atoms with Gasteiger partial charge in [0.2, 0.25) is 5.91 Å². The first-order chi connectivity index (χ1) is 12.2. The first kappa shape index (κ1) is 17.6. The van der Waals surface area contributed by atoms with Gasteiger partial charge in [-0.25, -0.2) is 4.98 Å². The summed E-state index contributed by atoms with van der Waals surface area (Å²) in [5.74, 6) is 0.0966. The van der Waals surface area contributed by atoms with Gasteiger partial charge in [-0.15, -0.1) is 11.3 Å². The van der Waals surface area contributed by atoms with Gasteiger partial charge in [-0.1, -0.05) is 54.1 Å². The maximum absolute atomic E-state index is 12.6. The maximum atomic E-state index is 12.6. The topological polar surface area (TPSA) is 33.2 Å². The van der Waals surface area contributed by atoms with Gasteiger partial charge in [-0.3, -0.25) is 4.79 Å². The van der Waals surface area contributed by atoms with Crippen LogP contribution in [-0.2, 0) is 17.8 Å². The van der Waals surface area contributed by atoms with Crippen molar-refractivity contribution in [2.75, 3.05) is 6.54 Å². The standard InChI is InChI=1S/C20H19ClN2OS/c1-2-23(13-15-6-4-3-5-7-15)19(24)12-18-14-25-20(22-18)16-8-10-17(21)11-9-16/h3-11,14H,2,12-13H2,1H3. The second kappa shape index (κ2) is 8.28. The molecule has 3 aromatic rings. The molecule has 0 bridgehead atoms. The minimum absolute atomic E-state index is 0.0966. The molecule has 0 fully saturated rings. The Kier molecular flexibility index (Phi) is 5.84. The Morgan fingerprint density at radius 1 is 1.12 bits per heavy atom. The molecular weight excluding hydrogens is 352 g/mol. The van der Waals surface area contributed by atoms with Crippen LogP contribution in [0.4, 0.5) is 0 Å². The van der Waals surface area contributed by atoms with E-state index in [1.54, 1.807) is 11.3 Å². The highest BCUT2D eigenvalue weighted by atomic mass is 35.5. The molecule has 5 heteroatoms. The zero-order valence-electron chi connectivity index (χ0n) is 14.0. The van der Waals surface area contributed by atoms with Crippen molar-refractivity contribution in [1.29, 1.82) is 0 Å². The van der Waals surface area contributed by atoms with E-state index in [2.05, 4.69) is 4.98 Å². The minimum Gasteiger partial charge on any atom is -0.338 e. The third kappa shape index (κ3) is 4.68. The predicted molar refractivity (Wildman–Crippen MR) is 104 cm³/mol. The molecule has 3 nitrogen and oxygen atoms in total. The van der Waals surface area contributed by atoms with Crippen LogP contribution in [0.2, 0.25) is 5.02 Å². The van der Waals surface area contributed by atoms with Gasteiger partial charge >= 0.3 is 0 Å². The van der Waals surface area contributed by atoms with Gasteiger partial charge in [0.1, 0.15) is 5.01 Å². The van der Waals surface area contributed by atoms with Crippen molar-refractivity contribution in [2.24, 2.45) is 0 Å². The minimum atomic E-state index is 0.0966. The third-order valence-electron chi connectivity index (χ3n) is 3.93. The average molecular weight is 371 g/mol. The number of halogens is 1. The van der Waals surface area contributed by atoms with Gasteiger partial charge in [0.25, 0.3) is 0 Å². The Labute approximate surface area is 156 Å². The lowest BCUT2D eigenvalue weighted by Gasteiger charge is -2.20. The van der Waals surface area contributed by atoms with Crippen molar-refractivity contribution in [2.45, 2.75) is 19.9 Å². The van der Waals surface area contributed by atoms with Crippen LogP contribution in [0.5, 0.6) is 0 Å². The van der Waals surface area contributed by atoms with Crippen molar-refractivity contribution < 1.29 is 4.79 Å². The lowest BCUT2D eigenvalue weighted by Crippen LogP contribution is -2.31. The first-order valence-corrected chi connectivity index (χ1v) is 9.43. The largest absolute Gasteiger partial charge is 0.338 e. The van der Waals surface area contributed by atoms with E-state index in [-0.39, 0.29) is 5.91 Å². The molecule has 2 aromatic carbocycles. The van der Waals surface area contributed by atoms with Crippen molar-refractivity contribution in [3.05, 3.63) is 76.3 Å². The summed E-state index contributed by atoms with van der Waals surface area (Å²) in [6.07, 6.45) is 0.324. The first-order valence-electron chi connectivity index (χ1n) is 8.17. The van der Waals surface area contributed by atoms with E-state index in [9.17, 15) is 4.79 Å². The Bertz CT molecular complexity index is 830. The fraction of sp³-hybridized carbons (Fsp3) is 0.200. The van der Waals surface area contributed by atoms with Crippen molar-refractivity contribution >= 4 is 28.8 Å². The molecule has 0 aliphatic carbocycles. The molecule has 1 amide bonds. The maximum Gasteiger partial charge on any atom is 0.228 e. The summed E-state index contributed by atoms with van der Waals surface area (Å²) < 4.78 is 0. The zero-order chi connectivity index (χ0) is 17.6. The molecule has 1 heterocycles. The summed E-state index contributed by atoms with van der Waals surface area (Å²) in [6, 6.07) is 17.6. The van der Waals surface area contributed by atoms with E-state index >= 15 is 0 Å². The van der Waals surface area contributed by atoms with Crippen molar-refractivity contribution in [3.63, 3.8) is 0 Å². The summed E-state index contributed by atoms with van der Waals surface area (Å²) in [6.45, 7) is 3.31. The van der Waals surface area contributed by atoms with E-state index in [1.807, 2.05) is 71.8 Å². The third-order valence-corrected chi connectivity index (χ3v) is 5.12. The molecule has 0 atom stereocenters. The van der Waals surface area contributed by atoms with E-state index in [1.165, 1.54) is 0 Å². The van der Waals surface area contributed by atoms with Crippen LogP contribution in [0, 0.1) is 0 Å². The number of thiazole rings is 1. The molecule has 0 spiro atoms. The Morgan fingerprint density at radius 2 is 1.84 bits per heavy atom. The molecule has 25 heavy (non-hydrogen) atoms. The fourth-order valence-electron chi connectivity index (χ4n) is 2.56. The number of benzene rings is 2. The number of carbonyl (C=O) groups is 1. The van der Waals surface area contributed by atoms with Crippen LogP contribution in [0.25, 0.3) is 10.6 Å². The van der Waals surface area contributed by atoms with E-state index in [0.717, 1.165) is 21.8 Å². The van der Waals surface area contributed by atoms with E-state index in [0.29, 0.717) is 24.5 Å². The quantitative estimate of drug-likeness (QED) is 0.608. The number of amides is 1. The summed E-state index contributed by atoms with van der Waals surface area (Å²) >= 11 is 7.47. The summed E-state index contributed by atoms with van der Waals surface area (Å²) in [7, 11) is 0. The van der Waals surface area contributed by atoms with Crippen LogP contribution in [0.1, 0.15) is 18.2 Å². The number of rotatable bonds is 6. The zero-order valence-corrected chi connectivity index (χ0v) is 15.6. The van der Waals surface area contributed by atoms with Gasteiger partial charge in [0.05, 0.1) is 12.1 Å². The molecule has 1 aromatic heterocycles. The van der Waals surface area contributed by atoms with Crippen LogP contribution in [-0.4, -0.2) is 22.3 Å². The second-order valence-electron chi connectivity index (χ2n) is 5.72. The number of likely N-dealkylation sites (N-methyl/N-ethyl adjacent to an activating group) is 1. The highest BCUT2D eigenvalue weighted by Gasteiger charge is 2.15. The van der Waals surface area contributed by atoms with Crippen molar-refractivity contribution in [1.82, 2.24) is 9.88 Å². The van der Waals surface area contributed by atoms with Crippen LogP contribution in [0.3, 0.4) is 0 Å². The highest BCUT2D eigenvalue weighted by molar-refractivity contribution is 7.13. The molecule has 0 aliphatic heterocycles. The number of carbonyl (C=O) groups excluding carboxylic acids is 1. The molecule has 0 saturated carbocycles. The SMILES string of the molecule is CCN(Cc1ccccc1)C(=O)Cc1csc(-c2ccc(Cl)cc2)n1. The van der Waals surface area contributed by atoms with Crippen molar-refractivity contribution in [3.8, 4) is 10.6 Å². The molecule has 0 unspecified atom stereocenters. The molecule has 0 aliphatic rings. The van der Waals surface area contributed by atoms with Gasteiger partial charge in [0, 0.05) is 29.1 Å².